The van der Waals surface area contributed by atoms with Crippen LogP contribution in [0.1, 0.15) is 105 Å². The number of ether oxygens (including phenoxy) is 1. The van der Waals surface area contributed by atoms with Crippen LogP contribution >= 0.6 is 0 Å². The first-order chi connectivity index (χ1) is 9.87. The van der Waals surface area contributed by atoms with Crippen LogP contribution in [0.2, 0.25) is 23.2 Å². The summed E-state index contributed by atoms with van der Waals surface area (Å²) in [4.78, 5) is 0. The summed E-state index contributed by atoms with van der Waals surface area (Å²) in [5.74, 6) is 1.56. The van der Waals surface area contributed by atoms with Crippen molar-refractivity contribution in [3.63, 3.8) is 0 Å². The molecule has 0 saturated heterocycles. The summed E-state index contributed by atoms with van der Waals surface area (Å²) < 4.78 is 4.80. The molecule has 0 rings (SSSR count). The number of methoxy groups -OCH3 is 1. The predicted octanol–water partition coefficient (Wildman–Crippen LogP) is 9.54. The zero-order valence-electron chi connectivity index (χ0n) is 18.2. The van der Waals surface area contributed by atoms with E-state index in [0.717, 1.165) is 29.1 Å². The zero-order valence-corrected chi connectivity index (χ0v) is 19.2. The van der Waals surface area contributed by atoms with Crippen molar-refractivity contribution in [1.29, 1.82) is 0 Å². The van der Waals surface area contributed by atoms with Crippen molar-refractivity contribution in [3.8, 4) is 0 Å². The van der Waals surface area contributed by atoms with Crippen LogP contribution in [0.5, 0.6) is 0 Å². The Labute approximate surface area is 166 Å². The molecule has 0 aromatic heterocycles. The highest BCUT2D eigenvalue weighted by Gasteiger charge is 2.37. The van der Waals surface area contributed by atoms with Crippen LogP contribution in [0.4, 0.5) is 0 Å². The Bertz CT molecular complexity index is 198. The fourth-order valence-corrected chi connectivity index (χ4v) is 6.33. The second-order valence-electron chi connectivity index (χ2n) is 8.48. The van der Waals surface area contributed by atoms with Crippen molar-refractivity contribution >= 4 is 8.07 Å². The van der Waals surface area contributed by atoms with Crippen molar-refractivity contribution < 1.29 is 4.74 Å². The van der Waals surface area contributed by atoms with Gasteiger partial charge in [0.1, 0.15) is 0 Å². The van der Waals surface area contributed by atoms with Gasteiger partial charge in [-0.15, -0.1) is 0 Å². The van der Waals surface area contributed by atoms with E-state index >= 15 is 0 Å². The van der Waals surface area contributed by atoms with Crippen molar-refractivity contribution in [2.24, 2.45) is 11.8 Å². The molecule has 0 unspecified atom stereocenters. The molecule has 162 valence electrons. The highest BCUT2D eigenvalue weighted by molar-refractivity contribution is 6.82. The van der Waals surface area contributed by atoms with Crippen LogP contribution in [-0.4, -0.2) is 21.8 Å². The quantitative estimate of drug-likeness (QED) is 0.417. The maximum absolute atomic E-state index is 4.80. The first kappa shape index (κ1) is 40.0. The van der Waals surface area contributed by atoms with Gasteiger partial charge in [-0.1, -0.05) is 128 Å². The molecule has 0 aliphatic rings. The van der Waals surface area contributed by atoms with E-state index < -0.39 is 8.07 Å². The molecule has 0 bridgehead atoms. The molecule has 0 heterocycles. The molecule has 0 aliphatic carbocycles. The third-order valence-electron chi connectivity index (χ3n) is 5.05. The predicted molar refractivity (Wildman–Crippen MR) is 129 cm³/mol. The number of hydrogen-bond acceptors (Lipinski definition) is 1. The SMILES string of the molecule is C.C.C.CC(C)[Si](C)(C(C)C)C(C)C.CCC(C)C.COCC(C)C. The summed E-state index contributed by atoms with van der Waals surface area (Å²) in [5, 5.41) is 0. The second-order valence-corrected chi connectivity index (χ2v) is 14.7. The van der Waals surface area contributed by atoms with Gasteiger partial charge < -0.3 is 4.74 Å². The summed E-state index contributed by atoms with van der Waals surface area (Å²) in [5.41, 5.74) is 2.76. The number of hydrogen-bond donors (Lipinski definition) is 0. The van der Waals surface area contributed by atoms with E-state index in [2.05, 4.69) is 82.7 Å². The lowest BCUT2D eigenvalue weighted by molar-refractivity contribution is 0.167. The van der Waals surface area contributed by atoms with Crippen LogP contribution in [0.25, 0.3) is 0 Å². The summed E-state index contributed by atoms with van der Waals surface area (Å²) in [7, 11) is 0.741. The lowest BCUT2D eigenvalue weighted by Gasteiger charge is -2.39. The fourth-order valence-electron chi connectivity index (χ4n) is 2.33. The standard InChI is InChI=1S/C10H24Si.C5H12O.C5H12.3CH4/c1-8(2)11(7,9(3)4)10(5)6;1-5(2)4-6-3;1-4-5(2)3;;;/h8-10H,1-7H3;5H,4H2,1-3H3;5H,4H2,1-3H3;3*1H4. The first-order valence-corrected chi connectivity index (χ1v) is 12.1. The van der Waals surface area contributed by atoms with E-state index in [1.54, 1.807) is 7.11 Å². The van der Waals surface area contributed by atoms with E-state index in [9.17, 15) is 0 Å². The Kier molecular flexibility index (Phi) is 35.6. The van der Waals surface area contributed by atoms with E-state index in [1.165, 1.54) is 6.42 Å². The Morgan fingerprint density at radius 2 is 0.880 bits per heavy atom. The maximum atomic E-state index is 4.80. The van der Waals surface area contributed by atoms with Gasteiger partial charge in [0, 0.05) is 13.7 Å². The summed E-state index contributed by atoms with van der Waals surface area (Å²) in [6.07, 6.45) is 1.31. The van der Waals surface area contributed by atoms with Gasteiger partial charge in [0.25, 0.3) is 0 Å². The number of rotatable bonds is 6. The maximum Gasteiger partial charge on any atom is 0.0581 e. The molecule has 0 amide bonds. The van der Waals surface area contributed by atoms with E-state index in [0.29, 0.717) is 5.92 Å². The van der Waals surface area contributed by atoms with Gasteiger partial charge in [-0.05, 0) is 11.8 Å². The lowest BCUT2D eigenvalue weighted by Crippen LogP contribution is -2.40. The van der Waals surface area contributed by atoms with Gasteiger partial charge in [0.2, 0.25) is 0 Å². The second kappa shape index (κ2) is 22.2. The Morgan fingerprint density at radius 3 is 0.880 bits per heavy atom. The molecular formula is C23H60OSi. The fraction of sp³-hybridized carbons (Fsp3) is 1.00. The Hall–Kier alpha value is 0.177. The zero-order chi connectivity index (χ0) is 18.5. The molecule has 25 heavy (non-hydrogen) atoms. The van der Waals surface area contributed by atoms with Crippen LogP contribution in [0.3, 0.4) is 0 Å². The third kappa shape index (κ3) is 22.1. The Morgan fingerprint density at radius 1 is 0.640 bits per heavy atom. The lowest BCUT2D eigenvalue weighted by atomic mass is 10.2. The minimum atomic E-state index is -0.981. The molecule has 0 fully saturated rings. The van der Waals surface area contributed by atoms with Gasteiger partial charge in [0.05, 0.1) is 8.07 Å². The monoisotopic (exact) mass is 380 g/mol. The van der Waals surface area contributed by atoms with Crippen LogP contribution < -0.4 is 0 Å². The van der Waals surface area contributed by atoms with Crippen molar-refractivity contribution in [3.05, 3.63) is 0 Å². The van der Waals surface area contributed by atoms with Gasteiger partial charge in [-0.25, -0.2) is 0 Å². The minimum absolute atomic E-state index is 0. The van der Waals surface area contributed by atoms with Gasteiger partial charge in [-0.3, -0.25) is 0 Å². The van der Waals surface area contributed by atoms with Crippen molar-refractivity contribution in [2.45, 2.75) is 128 Å². The van der Waals surface area contributed by atoms with Crippen LogP contribution in [-0.2, 0) is 4.74 Å². The summed E-state index contributed by atoms with van der Waals surface area (Å²) in [6, 6.07) is 0. The highest BCUT2D eigenvalue weighted by atomic mass is 28.3. The molecule has 0 atom stereocenters. The topological polar surface area (TPSA) is 9.23 Å². The molecule has 0 spiro atoms. The average molecular weight is 381 g/mol. The third-order valence-corrected chi connectivity index (χ3v) is 12.5. The van der Waals surface area contributed by atoms with Crippen LogP contribution in [0, 0.1) is 11.8 Å². The highest BCUT2D eigenvalue weighted by Crippen LogP contribution is 2.40. The summed E-state index contributed by atoms with van der Waals surface area (Å²) >= 11 is 0. The smallest absolute Gasteiger partial charge is 0.0581 e. The molecule has 0 N–H and O–H groups in total. The van der Waals surface area contributed by atoms with E-state index in [-0.39, 0.29) is 22.3 Å². The molecule has 0 saturated carbocycles. The first-order valence-electron chi connectivity index (χ1n) is 9.36. The molecule has 0 aromatic rings. The molecule has 0 radical (unpaired) electrons. The van der Waals surface area contributed by atoms with E-state index in [1.807, 2.05) is 0 Å². The van der Waals surface area contributed by atoms with Crippen LogP contribution in [0.15, 0.2) is 0 Å². The average Bonchev–Trinajstić information content (AvgIpc) is 2.37. The molecular weight excluding hydrogens is 320 g/mol. The summed E-state index contributed by atoms with van der Waals surface area (Å²) in [6.45, 7) is 28.7. The van der Waals surface area contributed by atoms with Crippen molar-refractivity contribution in [2.75, 3.05) is 13.7 Å². The van der Waals surface area contributed by atoms with Gasteiger partial charge in [0.15, 0.2) is 0 Å². The normalized spacial score (nSPS) is 10.3. The Balaban J connectivity index is -0.0000000559. The molecule has 0 aliphatic heterocycles. The van der Waals surface area contributed by atoms with Gasteiger partial charge >= 0.3 is 0 Å². The largest absolute Gasteiger partial charge is 0.384 e. The molecule has 2 heteroatoms. The van der Waals surface area contributed by atoms with E-state index in [4.69, 9.17) is 4.74 Å². The molecule has 1 nitrogen and oxygen atoms in total. The molecule has 0 aromatic carbocycles. The van der Waals surface area contributed by atoms with Crippen molar-refractivity contribution in [1.82, 2.24) is 0 Å². The van der Waals surface area contributed by atoms with Gasteiger partial charge in [-0.2, -0.15) is 0 Å². The minimum Gasteiger partial charge on any atom is -0.384 e.